The smallest absolute Gasteiger partial charge is 0.0841 e. The second-order valence-electron chi connectivity index (χ2n) is 3.86. The van der Waals surface area contributed by atoms with Gasteiger partial charge in [-0.25, -0.2) is 0 Å². The summed E-state index contributed by atoms with van der Waals surface area (Å²) in [4.78, 5) is 0. The molecule has 1 unspecified atom stereocenters. The van der Waals surface area contributed by atoms with Gasteiger partial charge in [0.05, 0.1) is 11.6 Å². The molecule has 0 aliphatic rings. The van der Waals surface area contributed by atoms with Crippen molar-refractivity contribution in [2.75, 3.05) is 7.11 Å². The molecule has 3 heteroatoms. The highest BCUT2D eigenvalue weighted by Crippen LogP contribution is 2.27. The Kier molecular flexibility index (Phi) is 5.53. The van der Waals surface area contributed by atoms with Gasteiger partial charge in [0.25, 0.3) is 0 Å². The van der Waals surface area contributed by atoms with Crippen LogP contribution in [0.1, 0.15) is 40.5 Å². The highest BCUT2D eigenvalue weighted by atomic mass is 16.5. The van der Waals surface area contributed by atoms with E-state index in [2.05, 4.69) is 33.1 Å². The summed E-state index contributed by atoms with van der Waals surface area (Å²) >= 11 is 0. The van der Waals surface area contributed by atoms with Gasteiger partial charge in [-0.15, -0.1) is 0 Å². The van der Waals surface area contributed by atoms with Crippen LogP contribution in [0.3, 0.4) is 0 Å². The summed E-state index contributed by atoms with van der Waals surface area (Å²) in [7, 11) is 1.76. The van der Waals surface area contributed by atoms with Crippen LogP contribution in [0.25, 0.3) is 0 Å². The normalized spacial score (nSPS) is 15.0. The van der Waals surface area contributed by atoms with Gasteiger partial charge in [-0.05, 0) is 18.8 Å². The lowest BCUT2D eigenvalue weighted by Gasteiger charge is -2.40. The van der Waals surface area contributed by atoms with Gasteiger partial charge in [-0.1, -0.05) is 27.7 Å². The Hall–Kier alpha value is -0.120. The molecule has 13 heavy (non-hydrogen) atoms. The lowest BCUT2D eigenvalue weighted by molar-refractivity contribution is -0.0591. The molecule has 0 radical (unpaired) electrons. The first-order valence-electron chi connectivity index (χ1n) is 5.09. The first-order valence-corrected chi connectivity index (χ1v) is 5.09. The fourth-order valence-corrected chi connectivity index (χ4v) is 2.06. The van der Waals surface area contributed by atoms with Crippen LogP contribution >= 0.6 is 0 Å². The van der Waals surface area contributed by atoms with Gasteiger partial charge in [0.2, 0.25) is 0 Å². The maximum absolute atomic E-state index is 5.61. The third-order valence-electron chi connectivity index (χ3n) is 3.02. The number of hydrazine groups is 1. The molecule has 0 aromatic rings. The molecular weight excluding hydrogens is 164 g/mol. The van der Waals surface area contributed by atoms with Crippen molar-refractivity contribution in [3.63, 3.8) is 0 Å². The summed E-state index contributed by atoms with van der Waals surface area (Å²) in [6, 6.07) is 0.215. The summed E-state index contributed by atoms with van der Waals surface area (Å²) < 4.78 is 5.61. The molecule has 3 nitrogen and oxygen atoms in total. The molecule has 0 bridgehead atoms. The third-order valence-corrected chi connectivity index (χ3v) is 3.02. The first kappa shape index (κ1) is 12.9. The molecule has 0 amide bonds. The van der Waals surface area contributed by atoms with Crippen LogP contribution in [0.5, 0.6) is 0 Å². The van der Waals surface area contributed by atoms with Gasteiger partial charge < -0.3 is 4.74 Å². The third kappa shape index (κ3) is 2.66. The predicted octanol–water partition coefficient (Wildman–Crippen LogP) is 1.68. The fraction of sp³-hybridized carbons (Fsp3) is 1.00. The first-order chi connectivity index (χ1) is 6.07. The molecule has 0 fully saturated rings. The Morgan fingerprint density at radius 1 is 1.31 bits per heavy atom. The largest absolute Gasteiger partial charge is 0.377 e. The molecule has 0 aliphatic heterocycles. The molecule has 0 aromatic heterocycles. The van der Waals surface area contributed by atoms with Gasteiger partial charge in [0.15, 0.2) is 0 Å². The van der Waals surface area contributed by atoms with Crippen molar-refractivity contribution in [3.8, 4) is 0 Å². The summed E-state index contributed by atoms with van der Waals surface area (Å²) in [5, 5.41) is 0. The second-order valence-corrected chi connectivity index (χ2v) is 3.86. The average molecular weight is 188 g/mol. The topological polar surface area (TPSA) is 47.3 Å². The number of rotatable bonds is 6. The Morgan fingerprint density at radius 3 is 1.85 bits per heavy atom. The SMILES string of the molecule is CCC(CC)(OC)C(NN)C(C)C. The summed E-state index contributed by atoms with van der Waals surface area (Å²) in [6.07, 6.45) is 1.96. The minimum atomic E-state index is -0.122. The predicted molar refractivity (Wildman–Crippen MR) is 56.3 cm³/mol. The molecule has 1 atom stereocenters. The molecule has 0 aliphatic carbocycles. The molecule has 0 saturated carbocycles. The number of hydrogen-bond donors (Lipinski definition) is 2. The molecule has 0 spiro atoms. The van der Waals surface area contributed by atoms with Crippen molar-refractivity contribution in [2.45, 2.75) is 52.2 Å². The van der Waals surface area contributed by atoms with Crippen LogP contribution in [-0.2, 0) is 4.74 Å². The maximum atomic E-state index is 5.61. The Bertz CT molecular complexity index is 125. The van der Waals surface area contributed by atoms with Crippen LogP contribution in [0.2, 0.25) is 0 Å². The van der Waals surface area contributed by atoms with E-state index in [4.69, 9.17) is 10.6 Å². The van der Waals surface area contributed by atoms with Crippen LogP contribution in [0.4, 0.5) is 0 Å². The van der Waals surface area contributed by atoms with Crippen molar-refractivity contribution in [2.24, 2.45) is 11.8 Å². The van der Waals surface area contributed by atoms with E-state index in [-0.39, 0.29) is 11.6 Å². The Labute approximate surface area is 82.0 Å². The zero-order valence-corrected chi connectivity index (χ0v) is 9.55. The van der Waals surface area contributed by atoms with E-state index in [9.17, 15) is 0 Å². The van der Waals surface area contributed by atoms with Crippen molar-refractivity contribution >= 4 is 0 Å². The Morgan fingerprint density at radius 2 is 1.77 bits per heavy atom. The zero-order valence-electron chi connectivity index (χ0n) is 9.55. The van der Waals surface area contributed by atoms with E-state index in [1.807, 2.05) is 0 Å². The van der Waals surface area contributed by atoms with Gasteiger partial charge in [-0.3, -0.25) is 11.3 Å². The lowest BCUT2D eigenvalue weighted by atomic mass is 9.82. The molecule has 80 valence electrons. The van der Waals surface area contributed by atoms with Crippen LogP contribution in [0, 0.1) is 5.92 Å². The summed E-state index contributed by atoms with van der Waals surface area (Å²) in [5.74, 6) is 6.03. The van der Waals surface area contributed by atoms with E-state index in [1.54, 1.807) is 7.11 Å². The van der Waals surface area contributed by atoms with E-state index in [1.165, 1.54) is 0 Å². The number of ether oxygens (including phenoxy) is 1. The van der Waals surface area contributed by atoms with Gasteiger partial charge in [0.1, 0.15) is 0 Å². The van der Waals surface area contributed by atoms with E-state index in [0.29, 0.717) is 5.92 Å². The summed E-state index contributed by atoms with van der Waals surface area (Å²) in [5.41, 5.74) is 2.75. The van der Waals surface area contributed by atoms with Crippen molar-refractivity contribution in [1.29, 1.82) is 0 Å². The van der Waals surface area contributed by atoms with Crippen molar-refractivity contribution in [1.82, 2.24) is 5.43 Å². The number of methoxy groups -OCH3 is 1. The highest BCUT2D eigenvalue weighted by Gasteiger charge is 2.36. The van der Waals surface area contributed by atoms with Crippen molar-refractivity contribution < 1.29 is 4.74 Å². The highest BCUT2D eigenvalue weighted by molar-refractivity contribution is 4.91. The molecule has 0 heterocycles. The lowest BCUT2D eigenvalue weighted by Crippen LogP contribution is -2.56. The zero-order chi connectivity index (χ0) is 10.5. The quantitative estimate of drug-likeness (QED) is 0.492. The van der Waals surface area contributed by atoms with Crippen LogP contribution in [-0.4, -0.2) is 18.8 Å². The minimum Gasteiger partial charge on any atom is -0.377 e. The van der Waals surface area contributed by atoms with E-state index in [0.717, 1.165) is 12.8 Å². The fourth-order valence-electron chi connectivity index (χ4n) is 2.06. The minimum absolute atomic E-state index is 0.122. The van der Waals surface area contributed by atoms with E-state index >= 15 is 0 Å². The van der Waals surface area contributed by atoms with Gasteiger partial charge in [0, 0.05) is 7.11 Å². The Balaban J connectivity index is 4.65. The van der Waals surface area contributed by atoms with Crippen LogP contribution in [0.15, 0.2) is 0 Å². The van der Waals surface area contributed by atoms with Gasteiger partial charge in [-0.2, -0.15) is 0 Å². The molecule has 0 aromatic carbocycles. The molecule has 0 rings (SSSR count). The van der Waals surface area contributed by atoms with Crippen LogP contribution < -0.4 is 11.3 Å². The molecule has 3 N–H and O–H groups in total. The number of nitrogens with two attached hydrogens (primary N) is 1. The molecular formula is C10H24N2O. The monoisotopic (exact) mass is 188 g/mol. The number of hydrogen-bond acceptors (Lipinski definition) is 3. The average Bonchev–Trinajstić information content (AvgIpc) is 2.13. The van der Waals surface area contributed by atoms with Crippen molar-refractivity contribution in [3.05, 3.63) is 0 Å². The van der Waals surface area contributed by atoms with Gasteiger partial charge >= 0.3 is 0 Å². The number of nitrogens with one attached hydrogen (secondary N) is 1. The van der Waals surface area contributed by atoms with E-state index < -0.39 is 0 Å². The maximum Gasteiger partial charge on any atom is 0.0841 e. The molecule has 0 saturated heterocycles. The summed E-state index contributed by atoms with van der Waals surface area (Å²) in [6.45, 7) is 8.59. The second kappa shape index (κ2) is 5.58. The standard InChI is InChI=1S/C10H24N2O/c1-6-10(7-2,13-5)9(12-11)8(3)4/h8-9,12H,6-7,11H2,1-5H3.